The molecular formula is C27H29F5N2O3. The van der Waals surface area contributed by atoms with Crippen LogP contribution in [0.25, 0.3) is 10.9 Å². The molecule has 1 atom stereocenters. The van der Waals surface area contributed by atoms with Crippen LogP contribution in [0, 0.1) is 28.7 Å². The topological polar surface area (TPSA) is 54.8 Å². The Hall–Kier alpha value is -2.98. The predicted octanol–water partition coefficient (Wildman–Crippen LogP) is 5.74. The number of halogens is 5. The lowest BCUT2D eigenvalue weighted by molar-refractivity contribution is 0.0264. The number of nitrogens with zero attached hydrogens (tertiary/aromatic N) is 2. The minimum Gasteiger partial charge on any atom is -0.497 e. The highest BCUT2D eigenvalue weighted by Crippen LogP contribution is 2.40. The van der Waals surface area contributed by atoms with Crippen molar-refractivity contribution in [3.8, 4) is 11.5 Å². The van der Waals surface area contributed by atoms with Gasteiger partial charge in [0.2, 0.25) is 0 Å². The van der Waals surface area contributed by atoms with Gasteiger partial charge in [0.25, 0.3) is 0 Å². The van der Waals surface area contributed by atoms with Gasteiger partial charge in [0.1, 0.15) is 30.1 Å². The Kier molecular flexibility index (Phi) is 8.49. The second-order valence-corrected chi connectivity index (χ2v) is 9.46. The zero-order chi connectivity index (χ0) is 26.6. The minimum atomic E-state index is -1.58. The smallest absolute Gasteiger partial charge is 0.194 e. The number of benzene rings is 2. The average Bonchev–Trinajstić information content (AvgIpc) is 2.90. The van der Waals surface area contributed by atoms with Crippen molar-refractivity contribution in [2.45, 2.75) is 31.9 Å². The number of hydrogen-bond donors (Lipinski definition) is 1. The van der Waals surface area contributed by atoms with Crippen molar-refractivity contribution in [2.24, 2.45) is 5.41 Å². The Labute approximate surface area is 211 Å². The van der Waals surface area contributed by atoms with E-state index in [4.69, 9.17) is 9.47 Å². The molecule has 1 fully saturated rings. The quantitative estimate of drug-likeness (QED) is 0.271. The summed E-state index contributed by atoms with van der Waals surface area (Å²) in [4.78, 5) is 6.11. The van der Waals surface area contributed by atoms with E-state index in [2.05, 4.69) is 9.88 Å². The summed E-state index contributed by atoms with van der Waals surface area (Å²) in [6.45, 7) is 1.70. The number of aliphatic hydroxyl groups is 1. The van der Waals surface area contributed by atoms with Crippen molar-refractivity contribution < 1.29 is 36.5 Å². The van der Waals surface area contributed by atoms with E-state index in [0.29, 0.717) is 55.5 Å². The van der Waals surface area contributed by atoms with Gasteiger partial charge < -0.3 is 14.6 Å². The summed E-state index contributed by atoms with van der Waals surface area (Å²) in [6, 6.07) is 6.50. The van der Waals surface area contributed by atoms with Gasteiger partial charge in [-0.1, -0.05) is 0 Å². The van der Waals surface area contributed by atoms with Crippen LogP contribution in [-0.4, -0.2) is 54.9 Å². The highest BCUT2D eigenvalue weighted by molar-refractivity contribution is 5.84. The number of aromatic nitrogens is 1. The van der Waals surface area contributed by atoms with Crippen molar-refractivity contribution in [2.75, 3.05) is 40.0 Å². The Morgan fingerprint density at radius 1 is 1.03 bits per heavy atom. The number of pyridine rings is 1. The van der Waals surface area contributed by atoms with Gasteiger partial charge in [0, 0.05) is 36.2 Å². The summed E-state index contributed by atoms with van der Waals surface area (Å²) < 4.78 is 80.3. The van der Waals surface area contributed by atoms with Crippen LogP contribution >= 0.6 is 0 Å². The van der Waals surface area contributed by atoms with Crippen LogP contribution in [-0.2, 0) is 0 Å². The van der Waals surface area contributed by atoms with E-state index >= 15 is 4.39 Å². The Balaban J connectivity index is 1.32. The summed E-state index contributed by atoms with van der Waals surface area (Å²) in [5.74, 6) is -4.51. The summed E-state index contributed by atoms with van der Waals surface area (Å²) in [5.41, 5.74) is -0.0827. The summed E-state index contributed by atoms with van der Waals surface area (Å²) in [5, 5.41) is 10.5. The molecule has 37 heavy (non-hydrogen) atoms. The molecule has 0 bridgehead atoms. The van der Waals surface area contributed by atoms with E-state index in [1.165, 1.54) is 7.11 Å². The van der Waals surface area contributed by atoms with Crippen molar-refractivity contribution in [1.29, 1.82) is 0 Å². The molecule has 0 unspecified atom stereocenters. The van der Waals surface area contributed by atoms with Crippen LogP contribution < -0.4 is 9.47 Å². The molecule has 0 saturated carbocycles. The second-order valence-electron chi connectivity index (χ2n) is 9.46. The first-order valence-corrected chi connectivity index (χ1v) is 12.1. The molecule has 2 aromatic carbocycles. The first-order valence-electron chi connectivity index (χ1n) is 12.1. The molecule has 1 aromatic heterocycles. The lowest BCUT2D eigenvalue weighted by Crippen LogP contribution is -2.43. The first-order chi connectivity index (χ1) is 17.7. The highest BCUT2D eigenvalue weighted by atomic mass is 19.2. The van der Waals surface area contributed by atoms with Gasteiger partial charge in [-0.2, -0.15) is 0 Å². The maximum absolute atomic E-state index is 15.4. The zero-order valence-electron chi connectivity index (χ0n) is 20.5. The maximum atomic E-state index is 15.4. The standard InChI is InChI=1S/C27H29F5N2O3/c1-36-17-2-3-24-19(12-17)25(23(31)15-33-24)20(28)4-5-27(16-35)6-8-34(9-7-27)10-11-37-18-13-21(29)26(32)22(30)14-18/h2-3,12-15,20,35H,4-11,16H2,1H3/t20-/m0/s1. The van der Waals surface area contributed by atoms with E-state index < -0.39 is 34.9 Å². The van der Waals surface area contributed by atoms with Crippen LogP contribution in [0.3, 0.4) is 0 Å². The van der Waals surface area contributed by atoms with Crippen molar-refractivity contribution in [3.05, 3.63) is 65.4 Å². The fourth-order valence-corrected chi connectivity index (χ4v) is 4.84. The molecular weight excluding hydrogens is 495 g/mol. The van der Waals surface area contributed by atoms with Crippen LogP contribution in [0.15, 0.2) is 36.5 Å². The molecule has 0 radical (unpaired) electrons. The number of piperidine rings is 1. The normalized spacial score (nSPS) is 16.6. The van der Waals surface area contributed by atoms with E-state index in [9.17, 15) is 22.7 Å². The third-order valence-electron chi connectivity index (χ3n) is 7.20. The second kappa shape index (κ2) is 11.6. The molecule has 0 spiro atoms. The Bertz CT molecular complexity index is 1210. The number of hydrogen-bond acceptors (Lipinski definition) is 5. The number of rotatable bonds is 10. The van der Waals surface area contributed by atoms with Crippen molar-refractivity contribution >= 4 is 10.9 Å². The van der Waals surface area contributed by atoms with Gasteiger partial charge in [-0.25, -0.2) is 22.0 Å². The van der Waals surface area contributed by atoms with E-state index in [-0.39, 0.29) is 30.9 Å². The van der Waals surface area contributed by atoms with Crippen LogP contribution in [0.2, 0.25) is 0 Å². The third-order valence-corrected chi connectivity index (χ3v) is 7.20. The molecule has 1 N–H and O–H groups in total. The van der Waals surface area contributed by atoms with Gasteiger partial charge in [-0.3, -0.25) is 9.88 Å². The minimum absolute atomic E-state index is 0.0403. The Morgan fingerprint density at radius 3 is 2.38 bits per heavy atom. The predicted molar refractivity (Wildman–Crippen MR) is 128 cm³/mol. The van der Waals surface area contributed by atoms with Crippen molar-refractivity contribution in [1.82, 2.24) is 9.88 Å². The Morgan fingerprint density at radius 2 is 1.73 bits per heavy atom. The molecule has 1 saturated heterocycles. The molecule has 3 aromatic rings. The molecule has 0 aliphatic carbocycles. The van der Waals surface area contributed by atoms with Crippen molar-refractivity contribution in [3.63, 3.8) is 0 Å². The molecule has 10 heteroatoms. The number of ether oxygens (including phenoxy) is 2. The molecule has 5 nitrogen and oxygen atoms in total. The van der Waals surface area contributed by atoms with Crippen LogP contribution in [0.1, 0.15) is 37.4 Å². The molecule has 2 heterocycles. The number of methoxy groups -OCH3 is 1. The number of alkyl halides is 1. The maximum Gasteiger partial charge on any atom is 0.194 e. The zero-order valence-corrected chi connectivity index (χ0v) is 20.5. The summed E-state index contributed by atoms with van der Waals surface area (Å²) >= 11 is 0. The molecule has 1 aliphatic heterocycles. The number of aliphatic hydroxyl groups excluding tert-OH is 1. The van der Waals surface area contributed by atoms with Gasteiger partial charge in [-0.15, -0.1) is 0 Å². The fraction of sp³-hybridized carbons (Fsp3) is 0.444. The van der Waals surface area contributed by atoms with Crippen LogP contribution in [0.4, 0.5) is 22.0 Å². The van der Waals surface area contributed by atoms with Gasteiger partial charge >= 0.3 is 0 Å². The first kappa shape index (κ1) is 27.1. The largest absolute Gasteiger partial charge is 0.497 e. The molecule has 4 rings (SSSR count). The lowest BCUT2D eigenvalue weighted by atomic mass is 9.74. The molecule has 0 amide bonds. The van der Waals surface area contributed by atoms with E-state index in [1.807, 2.05) is 0 Å². The highest BCUT2D eigenvalue weighted by Gasteiger charge is 2.35. The monoisotopic (exact) mass is 524 g/mol. The van der Waals surface area contributed by atoms with Gasteiger partial charge in [0.05, 0.1) is 18.8 Å². The summed E-state index contributed by atoms with van der Waals surface area (Å²) in [6.07, 6.45) is 1.05. The molecule has 200 valence electrons. The van der Waals surface area contributed by atoms with E-state index in [1.54, 1.807) is 18.2 Å². The number of fused-ring (bicyclic) bond motifs is 1. The SMILES string of the molecule is COc1ccc2ncc(F)c([C@@H](F)CCC3(CO)CCN(CCOc4cc(F)c(F)c(F)c4)CC3)c2c1. The summed E-state index contributed by atoms with van der Waals surface area (Å²) in [7, 11) is 1.48. The van der Waals surface area contributed by atoms with Gasteiger partial charge in [0.15, 0.2) is 17.5 Å². The van der Waals surface area contributed by atoms with Gasteiger partial charge in [-0.05, 0) is 62.4 Å². The molecule has 1 aliphatic rings. The van der Waals surface area contributed by atoms with Crippen LogP contribution in [0.5, 0.6) is 11.5 Å². The van der Waals surface area contributed by atoms with E-state index in [0.717, 1.165) is 18.3 Å². The third kappa shape index (κ3) is 6.13. The number of likely N-dealkylation sites (tertiary alicyclic amines) is 1. The lowest BCUT2D eigenvalue weighted by Gasteiger charge is -2.41. The fourth-order valence-electron chi connectivity index (χ4n) is 4.84. The average molecular weight is 525 g/mol.